The van der Waals surface area contributed by atoms with Crippen LogP contribution in [0.5, 0.6) is 11.5 Å². The Hall–Kier alpha value is -3.02. The van der Waals surface area contributed by atoms with E-state index in [1.807, 2.05) is 28.8 Å². The molecule has 0 unspecified atom stereocenters. The Bertz CT molecular complexity index is 880. The molecule has 0 aliphatic carbocycles. The second-order valence-electron chi connectivity index (χ2n) is 5.63. The van der Waals surface area contributed by atoms with E-state index in [0.717, 1.165) is 24.0 Å². The standard InChI is InChI=1S/C19H21N3O3/c1-4-9-22-17-8-6-5-7-16(17)20-19(22)21-18(23)13-10-14(24-2)12-15(11-13)25-3/h5-8,10-12H,4,9H2,1-3H3,(H,20,21,23). The predicted molar refractivity (Wildman–Crippen MR) is 97.5 cm³/mol. The first-order chi connectivity index (χ1) is 12.2. The molecule has 3 rings (SSSR count). The fourth-order valence-electron chi connectivity index (χ4n) is 2.73. The number of rotatable bonds is 6. The zero-order valence-corrected chi connectivity index (χ0v) is 14.6. The number of carbonyl (C=O) groups excluding carboxylic acids is 1. The van der Waals surface area contributed by atoms with E-state index >= 15 is 0 Å². The van der Waals surface area contributed by atoms with Crippen molar-refractivity contribution in [3.05, 3.63) is 48.0 Å². The maximum Gasteiger partial charge on any atom is 0.258 e. The van der Waals surface area contributed by atoms with Crippen LogP contribution in [0.25, 0.3) is 11.0 Å². The van der Waals surface area contributed by atoms with Gasteiger partial charge in [0.25, 0.3) is 5.91 Å². The van der Waals surface area contributed by atoms with Gasteiger partial charge in [-0.05, 0) is 30.7 Å². The van der Waals surface area contributed by atoms with Gasteiger partial charge in [-0.1, -0.05) is 19.1 Å². The Morgan fingerprint density at radius 2 is 1.80 bits per heavy atom. The highest BCUT2D eigenvalue weighted by Crippen LogP contribution is 2.24. The third-order valence-electron chi connectivity index (χ3n) is 3.94. The van der Waals surface area contributed by atoms with Gasteiger partial charge < -0.3 is 14.0 Å². The van der Waals surface area contributed by atoms with Gasteiger partial charge in [0.15, 0.2) is 0 Å². The largest absolute Gasteiger partial charge is 0.497 e. The van der Waals surface area contributed by atoms with Gasteiger partial charge in [0.2, 0.25) is 5.95 Å². The molecule has 1 aromatic heterocycles. The molecule has 130 valence electrons. The lowest BCUT2D eigenvalue weighted by molar-refractivity contribution is 0.102. The minimum atomic E-state index is -0.259. The van der Waals surface area contributed by atoms with Gasteiger partial charge >= 0.3 is 0 Å². The SMILES string of the molecule is CCCn1c(NC(=O)c2cc(OC)cc(OC)c2)nc2ccccc21. The number of aryl methyl sites for hydroxylation is 1. The van der Waals surface area contributed by atoms with E-state index in [9.17, 15) is 4.79 Å². The third-order valence-corrected chi connectivity index (χ3v) is 3.94. The summed E-state index contributed by atoms with van der Waals surface area (Å²) >= 11 is 0. The van der Waals surface area contributed by atoms with E-state index in [2.05, 4.69) is 17.2 Å². The predicted octanol–water partition coefficient (Wildman–Crippen LogP) is 3.72. The highest BCUT2D eigenvalue weighted by Gasteiger charge is 2.15. The van der Waals surface area contributed by atoms with Gasteiger partial charge in [0.05, 0.1) is 25.3 Å². The first kappa shape index (κ1) is 16.8. The minimum absolute atomic E-state index is 0.259. The third kappa shape index (κ3) is 3.42. The molecule has 6 nitrogen and oxygen atoms in total. The van der Waals surface area contributed by atoms with Gasteiger partial charge in [-0.3, -0.25) is 10.1 Å². The van der Waals surface area contributed by atoms with E-state index in [-0.39, 0.29) is 5.91 Å². The fraction of sp³-hybridized carbons (Fsp3) is 0.263. The lowest BCUT2D eigenvalue weighted by Crippen LogP contribution is -2.16. The number of anilines is 1. The molecule has 0 fully saturated rings. The van der Waals surface area contributed by atoms with Crippen molar-refractivity contribution >= 4 is 22.9 Å². The average Bonchev–Trinajstić information content (AvgIpc) is 2.99. The van der Waals surface area contributed by atoms with E-state index in [1.54, 1.807) is 32.4 Å². The van der Waals surface area contributed by atoms with Crippen LogP contribution in [0.1, 0.15) is 23.7 Å². The van der Waals surface area contributed by atoms with Gasteiger partial charge in [-0.15, -0.1) is 0 Å². The van der Waals surface area contributed by atoms with Crippen molar-refractivity contribution in [2.45, 2.75) is 19.9 Å². The first-order valence-corrected chi connectivity index (χ1v) is 8.16. The van der Waals surface area contributed by atoms with E-state index < -0.39 is 0 Å². The van der Waals surface area contributed by atoms with Gasteiger partial charge in [0.1, 0.15) is 11.5 Å². The lowest BCUT2D eigenvalue weighted by atomic mass is 10.2. The van der Waals surface area contributed by atoms with Crippen molar-refractivity contribution in [1.82, 2.24) is 9.55 Å². The zero-order chi connectivity index (χ0) is 17.8. The van der Waals surface area contributed by atoms with Crippen LogP contribution in [0.3, 0.4) is 0 Å². The molecular formula is C19H21N3O3. The Morgan fingerprint density at radius 1 is 1.12 bits per heavy atom. The molecule has 1 N–H and O–H groups in total. The van der Waals surface area contributed by atoms with Gasteiger partial charge in [0, 0.05) is 18.2 Å². The number of aromatic nitrogens is 2. The van der Waals surface area contributed by atoms with Crippen LogP contribution in [-0.2, 0) is 6.54 Å². The summed E-state index contributed by atoms with van der Waals surface area (Å²) in [7, 11) is 3.11. The van der Waals surface area contributed by atoms with Crippen LogP contribution in [0, 0.1) is 0 Å². The highest BCUT2D eigenvalue weighted by atomic mass is 16.5. The van der Waals surface area contributed by atoms with Crippen LogP contribution in [0.15, 0.2) is 42.5 Å². The van der Waals surface area contributed by atoms with Crippen molar-refractivity contribution in [3.63, 3.8) is 0 Å². The summed E-state index contributed by atoms with van der Waals surface area (Å²) in [6, 6.07) is 12.9. The van der Waals surface area contributed by atoms with Crippen LogP contribution in [0.2, 0.25) is 0 Å². The van der Waals surface area contributed by atoms with Crippen LogP contribution >= 0.6 is 0 Å². The Morgan fingerprint density at radius 3 is 2.44 bits per heavy atom. The second kappa shape index (κ2) is 7.25. The molecule has 1 heterocycles. The molecule has 0 atom stereocenters. The molecule has 0 saturated heterocycles. The molecule has 2 aromatic carbocycles. The summed E-state index contributed by atoms with van der Waals surface area (Å²) in [6.45, 7) is 2.87. The number of fused-ring (bicyclic) bond motifs is 1. The van der Waals surface area contributed by atoms with Gasteiger partial charge in [-0.25, -0.2) is 4.98 Å². The monoisotopic (exact) mass is 339 g/mol. The number of para-hydroxylation sites is 2. The Kier molecular flexibility index (Phi) is 4.88. The number of amides is 1. The van der Waals surface area contributed by atoms with E-state index in [1.165, 1.54) is 0 Å². The molecule has 0 aliphatic rings. The first-order valence-electron chi connectivity index (χ1n) is 8.16. The molecule has 0 bridgehead atoms. The number of nitrogens with one attached hydrogen (secondary N) is 1. The van der Waals surface area contributed by atoms with E-state index in [4.69, 9.17) is 9.47 Å². The molecule has 0 radical (unpaired) electrons. The topological polar surface area (TPSA) is 65.4 Å². The summed E-state index contributed by atoms with van der Waals surface area (Å²) in [4.78, 5) is 17.3. The van der Waals surface area contributed by atoms with Crippen LogP contribution in [0.4, 0.5) is 5.95 Å². The fourth-order valence-corrected chi connectivity index (χ4v) is 2.73. The zero-order valence-electron chi connectivity index (χ0n) is 14.6. The van der Waals surface area contributed by atoms with Gasteiger partial charge in [-0.2, -0.15) is 0 Å². The minimum Gasteiger partial charge on any atom is -0.497 e. The Balaban J connectivity index is 1.95. The highest BCUT2D eigenvalue weighted by molar-refractivity contribution is 6.04. The normalized spacial score (nSPS) is 10.7. The van der Waals surface area contributed by atoms with Crippen molar-refractivity contribution in [2.24, 2.45) is 0 Å². The lowest BCUT2D eigenvalue weighted by Gasteiger charge is -2.11. The summed E-state index contributed by atoms with van der Waals surface area (Å²) in [5.74, 6) is 1.40. The van der Waals surface area contributed by atoms with Crippen molar-refractivity contribution in [2.75, 3.05) is 19.5 Å². The molecule has 3 aromatic rings. The summed E-state index contributed by atoms with van der Waals surface area (Å²) in [5.41, 5.74) is 2.31. The molecule has 0 aliphatic heterocycles. The molecule has 0 spiro atoms. The number of nitrogens with zero attached hydrogens (tertiary/aromatic N) is 2. The van der Waals surface area contributed by atoms with Crippen molar-refractivity contribution in [1.29, 1.82) is 0 Å². The molecule has 6 heteroatoms. The second-order valence-corrected chi connectivity index (χ2v) is 5.63. The van der Waals surface area contributed by atoms with Crippen LogP contribution in [-0.4, -0.2) is 29.7 Å². The maximum absolute atomic E-state index is 12.7. The number of ether oxygens (including phenoxy) is 2. The quantitative estimate of drug-likeness (QED) is 0.743. The molecular weight excluding hydrogens is 318 g/mol. The molecule has 0 saturated carbocycles. The molecule has 1 amide bonds. The maximum atomic E-state index is 12.7. The number of hydrogen-bond acceptors (Lipinski definition) is 4. The molecule has 25 heavy (non-hydrogen) atoms. The number of imidazole rings is 1. The number of benzene rings is 2. The summed E-state index contributed by atoms with van der Waals surface area (Å²) in [6.07, 6.45) is 0.941. The van der Waals surface area contributed by atoms with Crippen molar-refractivity contribution in [3.8, 4) is 11.5 Å². The number of carbonyl (C=O) groups is 1. The number of methoxy groups -OCH3 is 2. The van der Waals surface area contributed by atoms with Crippen LogP contribution < -0.4 is 14.8 Å². The Labute approximate surface area is 146 Å². The van der Waals surface area contributed by atoms with E-state index in [0.29, 0.717) is 23.0 Å². The smallest absolute Gasteiger partial charge is 0.258 e. The number of hydrogen-bond donors (Lipinski definition) is 1. The summed E-state index contributed by atoms with van der Waals surface area (Å²) < 4.78 is 12.5. The average molecular weight is 339 g/mol. The summed E-state index contributed by atoms with van der Waals surface area (Å²) in [5, 5.41) is 2.91. The van der Waals surface area contributed by atoms with Crippen molar-refractivity contribution < 1.29 is 14.3 Å².